The fraction of sp³-hybridized carbons (Fsp3) is 0.571. The third-order valence-corrected chi connectivity index (χ3v) is 4.95. The molecule has 0 saturated carbocycles. The fourth-order valence-electron chi connectivity index (χ4n) is 2.41. The van der Waals surface area contributed by atoms with Gasteiger partial charge in [-0.3, -0.25) is 4.72 Å². The molecule has 1 atom stereocenters. The fourth-order valence-corrected chi connectivity index (χ4v) is 3.89. The molecule has 0 amide bonds. The molecule has 2 N–H and O–H groups in total. The molecule has 106 valence electrons. The van der Waals surface area contributed by atoms with Crippen molar-refractivity contribution >= 4 is 15.7 Å². The van der Waals surface area contributed by atoms with Crippen LogP contribution in [0.4, 0.5) is 5.69 Å². The van der Waals surface area contributed by atoms with Gasteiger partial charge in [-0.2, -0.15) is 0 Å². The van der Waals surface area contributed by atoms with Crippen LogP contribution in [0, 0.1) is 5.92 Å². The first-order valence-electron chi connectivity index (χ1n) is 6.89. The van der Waals surface area contributed by atoms with Gasteiger partial charge in [-0.25, -0.2) is 8.42 Å². The van der Waals surface area contributed by atoms with Gasteiger partial charge in [0.2, 0.25) is 10.0 Å². The van der Waals surface area contributed by atoms with Crippen LogP contribution in [0.2, 0.25) is 0 Å². The van der Waals surface area contributed by atoms with Gasteiger partial charge in [-0.15, -0.1) is 0 Å². The highest BCUT2D eigenvalue weighted by Gasteiger charge is 2.21. The summed E-state index contributed by atoms with van der Waals surface area (Å²) in [6, 6.07) is 7.57. The van der Waals surface area contributed by atoms with Crippen molar-refractivity contribution in [3.63, 3.8) is 0 Å². The Hall–Kier alpha value is -1.07. The standard InChI is InChI=1S/C14H22N2O2S/c1-2-12-5-7-14(8-6-12)16-19(17,18)11-13-4-3-9-15-10-13/h5-8,13,15-16H,2-4,9-11H2,1H3. The first kappa shape index (κ1) is 14.3. The third kappa shape index (κ3) is 4.51. The summed E-state index contributed by atoms with van der Waals surface area (Å²) >= 11 is 0. The number of benzene rings is 1. The minimum absolute atomic E-state index is 0.204. The largest absolute Gasteiger partial charge is 0.316 e. The molecule has 5 heteroatoms. The van der Waals surface area contributed by atoms with E-state index < -0.39 is 10.0 Å². The van der Waals surface area contributed by atoms with Gasteiger partial charge in [0.15, 0.2) is 0 Å². The van der Waals surface area contributed by atoms with E-state index in [2.05, 4.69) is 17.0 Å². The molecular weight excluding hydrogens is 260 g/mol. The van der Waals surface area contributed by atoms with Crippen LogP contribution in [0.3, 0.4) is 0 Å². The van der Waals surface area contributed by atoms with Crippen molar-refractivity contribution in [2.24, 2.45) is 5.92 Å². The second-order valence-corrected chi connectivity index (χ2v) is 6.91. The Morgan fingerprint density at radius 3 is 2.63 bits per heavy atom. The highest BCUT2D eigenvalue weighted by molar-refractivity contribution is 7.92. The summed E-state index contributed by atoms with van der Waals surface area (Å²) in [4.78, 5) is 0. The van der Waals surface area contributed by atoms with E-state index in [9.17, 15) is 8.42 Å². The van der Waals surface area contributed by atoms with Crippen molar-refractivity contribution in [3.05, 3.63) is 29.8 Å². The van der Waals surface area contributed by atoms with Gasteiger partial charge in [0.05, 0.1) is 5.75 Å². The molecule has 19 heavy (non-hydrogen) atoms. The summed E-state index contributed by atoms with van der Waals surface area (Å²) in [5.74, 6) is 0.427. The summed E-state index contributed by atoms with van der Waals surface area (Å²) < 4.78 is 26.8. The monoisotopic (exact) mass is 282 g/mol. The molecule has 1 aromatic carbocycles. The molecule has 0 radical (unpaired) electrons. The number of hydrogen-bond donors (Lipinski definition) is 2. The number of sulfonamides is 1. The van der Waals surface area contributed by atoms with Crippen LogP contribution in [0.25, 0.3) is 0 Å². The lowest BCUT2D eigenvalue weighted by atomic mass is 10.0. The smallest absolute Gasteiger partial charge is 0.233 e. The Labute approximate surface area is 115 Å². The quantitative estimate of drug-likeness (QED) is 0.868. The molecule has 1 aliphatic heterocycles. The van der Waals surface area contributed by atoms with Crippen molar-refractivity contribution in [1.82, 2.24) is 5.32 Å². The maximum Gasteiger partial charge on any atom is 0.233 e. The molecule has 1 unspecified atom stereocenters. The number of anilines is 1. The summed E-state index contributed by atoms with van der Waals surface area (Å²) in [6.07, 6.45) is 3.01. The van der Waals surface area contributed by atoms with Gasteiger partial charge < -0.3 is 5.32 Å². The minimum atomic E-state index is -3.24. The van der Waals surface area contributed by atoms with E-state index >= 15 is 0 Å². The number of rotatable bonds is 5. The third-order valence-electron chi connectivity index (χ3n) is 3.49. The lowest BCUT2D eigenvalue weighted by Gasteiger charge is -2.22. The second kappa shape index (κ2) is 6.39. The van der Waals surface area contributed by atoms with Crippen LogP contribution >= 0.6 is 0 Å². The molecular formula is C14H22N2O2S. The van der Waals surface area contributed by atoms with Gasteiger partial charge >= 0.3 is 0 Å². The summed E-state index contributed by atoms with van der Waals surface area (Å²) in [5, 5.41) is 3.24. The van der Waals surface area contributed by atoms with Gasteiger partial charge in [-0.05, 0) is 56.0 Å². The maximum atomic E-state index is 12.1. The SMILES string of the molecule is CCc1ccc(NS(=O)(=O)CC2CCCNC2)cc1. The molecule has 1 heterocycles. The molecule has 1 aromatic rings. The molecule has 0 spiro atoms. The molecule has 0 aliphatic carbocycles. The zero-order chi connectivity index (χ0) is 13.7. The molecule has 4 nitrogen and oxygen atoms in total. The van der Waals surface area contributed by atoms with Crippen molar-refractivity contribution in [2.45, 2.75) is 26.2 Å². The van der Waals surface area contributed by atoms with Crippen molar-refractivity contribution in [3.8, 4) is 0 Å². The number of nitrogens with one attached hydrogen (secondary N) is 2. The molecule has 2 rings (SSSR count). The topological polar surface area (TPSA) is 58.2 Å². The first-order chi connectivity index (χ1) is 9.09. The maximum absolute atomic E-state index is 12.1. The van der Waals surface area contributed by atoms with E-state index in [0.29, 0.717) is 5.69 Å². The van der Waals surface area contributed by atoms with E-state index in [4.69, 9.17) is 0 Å². The van der Waals surface area contributed by atoms with Crippen molar-refractivity contribution in [1.29, 1.82) is 0 Å². The summed E-state index contributed by atoms with van der Waals surface area (Å²) in [5.41, 5.74) is 1.86. The first-order valence-corrected chi connectivity index (χ1v) is 8.54. The van der Waals surface area contributed by atoms with Crippen LogP contribution < -0.4 is 10.0 Å². The lowest BCUT2D eigenvalue weighted by Crippen LogP contribution is -2.35. The minimum Gasteiger partial charge on any atom is -0.316 e. The van der Waals surface area contributed by atoms with Gasteiger partial charge in [0, 0.05) is 5.69 Å². The van der Waals surface area contributed by atoms with E-state index in [0.717, 1.165) is 32.4 Å². The molecule has 1 aliphatic rings. The number of aryl methyl sites for hydroxylation is 1. The highest BCUT2D eigenvalue weighted by atomic mass is 32.2. The summed E-state index contributed by atoms with van der Waals surface area (Å²) in [7, 11) is -3.24. The predicted octanol–water partition coefficient (Wildman–Crippen LogP) is 1.99. The van der Waals surface area contributed by atoms with Crippen molar-refractivity contribution in [2.75, 3.05) is 23.6 Å². The van der Waals surface area contributed by atoms with Crippen LogP contribution in [0.15, 0.2) is 24.3 Å². The zero-order valence-corrected chi connectivity index (χ0v) is 12.2. The van der Waals surface area contributed by atoms with Crippen molar-refractivity contribution < 1.29 is 8.42 Å². The van der Waals surface area contributed by atoms with Gasteiger partial charge in [-0.1, -0.05) is 19.1 Å². The normalized spacial score (nSPS) is 20.2. The van der Waals surface area contributed by atoms with Crippen LogP contribution in [0.5, 0.6) is 0 Å². The molecule has 1 saturated heterocycles. The zero-order valence-electron chi connectivity index (χ0n) is 11.4. The second-order valence-electron chi connectivity index (χ2n) is 5.15. The molecule has 0 aromatic heterocycles. The average molecular weight is 282 g/mol. The predicted molar refractivity (Wildman–Crippen MR) is 78.8 cm³/mol. The summed E-state index contributed by atoms with van der Waals surface area (Å²) in [6.45, 7) is 3.88. The van der Waals surface area contributed by atoms with Gasteiger partial charge in [0.25, 0.3) is 0 Å². The number of hydrogen-bond acceptors (Lipinski definition) is 3. The van der Waals surface area contributed by atoms with E-state index in [1.54, 1.807) is 0 Å². The Bertz CT molecular complexity index is 491. The Balaban J connectivity index is 1.95. The van der Waals surface area contributed by atoms with E-state index in [-0.39, 0.29) is 11.7 Å². The molecule has 1 fully saturated rings. The lowest BCUT2D eigenvalue weighted by molar-refractivity contribution is 0.404. The van der Waals surface area contributed by atoms with E-state index in [1.165, 1.54) is 5.56 Å². The molecule has 0 bridgehead atoms. The number of piperidine rings is 1. The Kier molecular flexibility index (Phi) is 4.82. The Morgan fingerprint density at radius 2 is 2.05 bits per heavy atom. The Morgan fingerprint density at radius 1 is 1.32 bits per heavy atom. The van der Waals surface area contributed by atoms with Gasteiger partial charge in [0.1, 0.15) is 0 Å². The highest BCUT2D eigenvalue weighted by Crippen LogP contribution is 2.16. The average Bonchev–Trinajstić information content (AvgIpc) is 2.39. The van der Waals surface area contributed by atoms with Crippen LogP contribution in [0.1, 0.15) is 25.3 Å². The van der Waals surface area contributed by atoms with Crippen LogP contribution in [-0.2, 0) is 16.4 Å². The van der Waals surface area contributed by atoms with Crippen LogP contribution in [-0.4, -0.2) is 27.3 Å². The van der Waals surface area contributed by atoms with E-state index in [1.807, 2.05) is 24.3 Å².